The summed E-state index contributed by atoms with van der Waals surface area (Å²) >= 11 is 0. The molecule has 0 spiro atoms. The van der Waals surface area contributed by atoms with E-state index in [9.17, 15) is 4.79 Å². The summed E-state index contributed by atoms with van der Waals surface area (Å²) < 4.78 is 16.6. The monoisotopic (exact) mass is 458 g/mol. The predicted octanol–water partition coefficient (Wildman–Crippen LogP) is 0.550. The van der Waals surface area contributed by atoms with Crippen LogP contribution in [0.2, 0.25) is 0 Å². The van der Waals surface area contributed by atoms with Gasteiger partial charge >= 0.3 is 6.03 Å². The SMILES string of the molecule is COCCNC(=O)N(C)[C@H]1C[C@H](Oc2cc(-c3cnc(N)nc3)nc(N3CCOCC3)n2)C1. The standard InChI is InChI=1S/C21H30N8O4/c1-28(21(30)23-3-6-31-2)15-9-16(10-15)33-18-11-17(14-12-24-19(22)25-13-14)26-20(27-18)29-4-7-32-8-5-29/h11-13,15-16H,3-10H2,1-2H3,(H,23,30)(H2,22,24,25)/t15-,16-. The summed E-state index contributed by atoms with van der Waals surface area (Å²) in [6.45, 7) is 3.62. The molecule has 2 aromatic rings. The van der Waals surface area contributed by atoms with Crippen molar-refractivity contribution >= 4 is 17.9 Å². The second-order valence-corrected chi connectivity index (χ2v) is 8.02. The first-order valence-electron chi connectivity index (χ1n) is 11.0. The van der Waals surface area contributed by atoms with Gasteiger partial charge in [0.15, 0.2) is 0 Å². The van der Waals surface area contributed by atoms with E-state index < -0.39 is 0 Å². The maximum absolute atomic E-state index is 12.2. The number of carbonyl (C=O) groups excluding carboxylic acids is 1. The van der Waals surface area contributed by atoms with Crippen molar-refractivity contribution in [3.8, 4) is 17.1 Å². The number of nitrogens with two attached hydrogens (primary N) is 1. The van der Waals surface area contributed by atoms with Crippen LogP contribution in [0, 0.1) is 0 Å². The molecular formula is C21H30N8O4. The molecule has 0 atom stereocenters. The van der Waals surface area contributed by atoms with Gasteiger partial charge in [-0.2, -0.15) is 4.98 Å². The zero-order valence-electron chi connectivity index (χ0n) is 18.9. The summed E-state index contributed by atoms with van der Waals surface area (Å²) in [6.07, 6.45) is 4.69. The normalized spacial score (nSPS) is 20.1. The topological polar surface area (TPSA) is 141 Å². The number of nitrogen functional groups attached to an aromatic ring is 1. The lowest BCUT2D eigenvalue weighted by Gasteiger charge is -2.40. The van der Waals surface area contributed by atoms with Gasteiger partial charge in [-0.15, -0.1) is 0 Å². The van der Waals surface area contributed by atoms with Crippen LogP contribution in [0.3, 0.4) is 0 Å². The lowest BCUT2D eigenvalue weighted by atomic mass is 9.88. The van der Waals surface area contributed by atoms with Gasteiger partial charge in [0.25, 0.3) is 0 Å². The second-order valence-electron chi connectivity index (χ2n) is 8.02. The molecule has 4 rings (SSSR count). The van der Waals surface area contributed by atoms with Gasteiger partial charge in [-0.3, -0.25) is 0 Å². The van der Waals surface area contributed by atoms with Gasteiger partial charge in [0.05, 0.1) is 25.5 Å². The van der Waals surface area contributed by atoms with E-state index in [0.717, 1.165) is 18.4 Å². The van der Waals surface area contributed by atoms with E-state index in [2.05, 4.69) is 25.2 Å². The number of aromatic nitrogens is 4. The Bertz CT molecular complexity index is 932. The maximum Gasteiger partial charge on any atom is 0.317 e. The van der Waals surface area contributed by atoms with Gasteiger partial charge in [-0.1, -0.05) is 0 Å². The van der Waals surface area contributed by atoms with Crippen molar-refractivity contribution in [1.29, 1.82) is 0 Å². The molecule has 2 aliphatic rings. The van der Waals surface area contributed by atoms with Gasteiger partial charge in [0, 0.05) is 76.7 Å². The van der Waals surface area contributed by atoms with Crippen molar-refractivity contribution in [2.24, 2.45) is 0 Å². The molecule has 0 bridgehead atoms. The van der Waals surface area contributed by atoms with Crippen LogP contribution in [0.25, 0.3) is 11.3 Å². The summed E-state index contributed by atoms with van der Waals surface area (Å²) in [5.74, 6) is 1.26. The number of amides is 2. The van der Waals surface area contributed by atoms with Crippen LogP contribution in [0.15, 0.2) is 18.5 Å². The lowest BCUT2D eigenvalue weighted by Crippen LogP contribution is -2.53. The Kier molecular flexibility index (Phi) is 7.35. The number of ether oxygens (including phenoxy) is 3. The number of morpholine rings is 1. The van der Waals surface area contributed by atoms with Crippen molar-refractivity contribution in [2.45, 2.75) is 25.0 Å². The van der Waals surface area contributed by atoms with Crippen molar-refractivity contribution in [3.05, 3.63) is 18.5 Å². The summed E-state index contributed by atoms with van der Waals surface area (Å²) in [5, 5.41) is 2.83. The van der Waals surface area contributed by atoms with Crippen molar-refractivity contribution in [3.63, 3.8) is 0 Å². The molecule has 0 radical (unpaired) electrons. The van der Waals surface area contributed by atoms with Gasteiger partial charge in [0.2, 0.25) is 17.8 Å². The Morgan fingerprint density at radius 2 is 2.00 bits per heavy atom. The molecule has 0 unspecified atom stereocenters. The molecule has 2 amide bonds. The Morgan fingerprint density at radius 1 is 1.27 bits per heavy atom. The molecule has 1 saturated heterocycles. The predicted molar refractivity (Wildman–Crippen MR) is 121 cm³/mol. The highest BCUT2D eigenvalue weighted by molar-refractivity contribution is 5.74. The average molecular weight is 459 g/mol. The molecule has 1 saturated carbocycles. The van der Waals surface area contributed by atoms with Crippen molar-refractivity contribution < 1.29 is 19.0 Å². The van der Waals surface area contributed by atoms with E-state index in [1.54, 1.807) is 37.5 Å². The number of rotatable bonds is 8. The highest BCUT2D eigenvalue weighted by Gasteiger charge is 2.36. The summed E-state index contributed by atoms with van der Waals surface area (Å²) in [5.41, 5.74) is 7.01. The highest BCUT2D eigenvalue weighted by Crippen LogP contribution is 2.31. The van der Waals surface area contributed by atoms with E-state index in [1.807, 2.05) is 0 Å². The molecule has 2 fully saturated rings. The van der Waals surface area contributed by atoms with Crippen LogP contribution in [0.5, 0.6) is 5.88 Å². The summed E-state index contributed by atoms with van der Waals surface area (Å²) in [7, 11) is 3.40. The zero-order valence-corrected chi connectivity index (χ0v) is 18.9. The van der Waals surface area contributed by atoms with Crippen molar-refractivity contribution in [2.75, 3.05) is 64.2 Å². The molecule has 12 heteroatoms. The molecular weight excluding hydrogens is 428 g/mol. The zero-order chi connectivity index (χ0) is 23.2. The fourth-order valence-corrected chi connectivity index (χ4v) is 3.67. The van der Waals surface area contributed by atoms with Crippen LogP contribution >= 0.6 is 0 Å². The molecule has 3 N–H and O–H groups in total. The minimum absolute atomic E-state index is 0.0350. The average Bonchev–Trinajstić information content (AvgIpc) is 2.81. The number of hydrogen-bond donors (Lipinski definition) is 2. The minimum atomic E-state index is -0.113. The van der Waals surface area contributed by atoms with Crippen LogP contribution in [0.4, 0.5) is 16.7 Å². The first-order valence-corrected chi connectivity index (χ1v) is 11.0. The number of hydrogen-bond acceptors (Lipinski definition) is 10. The number of urea groups is 1. The molecule has 3 heterocycles. The van der Waals surface area contributed by atoms with Crippen LogP contribution in [-0.4, -0.2) is 96.6 Å². The van der Waals surface area contributed by atoms with E-state index in [4.69, 9.17) is 24.9 Å². The maximum atomic E-state index is 12.2. The molecule has 12 nitrogen and oxygen atoms in total. The molecule has 1 aliphatic carbocycles. The third-order valence-corrected chi connectivity index (χ3v) is 5.76. The van der Waals surface area contributed by atoms with E-state index in [-0.39, 0.29) is 24.1 Å². The number of nitrogens with one attached hydrogen (secondary N) is 1. The van der Waals surface area contributed by atoms with Crippen molar-refractivity contribution in [1.82, 2.24) is 30.2 Å². The summed E-state index contributed by atoms with van der Waals surface area (Å²) in [4.78, 5) is 33.5. The Morgan fingerprint density at radius 3 is 2.70 bits per heavy atom. The fourth-order valence-electron chi connectivity index (χ4n) is 3.67. The molecule has 178 valence electrons. The van der Waals surface area contributed by atoms with E-state index in [1.165, 1.54) is 0 Å². The van der Waals surface area contributed by atoms with E-state index in [0.29, 0.717) is 57.0 Å². The summed E-state index contributed by atoms with van der Waals surface area (Å²) in [6, 6.07) is 1.79. The Hall–Kier alpha value is -3.25. The molecule has 33 heavy (non-hydrogen) atoms. The highest BCUT2D eigenvalue weighted by atomic mass is 16.5. The first-order chi connectivity index (χ1) is 16.0. The first kappa shape index (κ1) is 22.9. The third kappa shape index (κ3) is 5.76. The Balaban J connectivity index is 1.43. The van der Waals surface area contributed by atoms with Crippen LogP contribution < -0.4 is 20.7 Å². The number of anilines is 2. The largest absolute Gasteiger partial charge is 0.474 e. The van der Waals surface area contributed by atoms with Crippen LogP contribution in [0.1, 0.15) is 12.8 Å². The molecule has 2 aromatic heterocycles. The smallest absolute Gasteiger partial charge is 0.317 e. The fraction of sp³-hybridized carbons (Fsp3) is 0.571. The molecule has 1 aliphatic heterocycles. The quantitative estimate of drug-likeness (QED) is 0.539. The number of methoxy groups -OCH3 is 1. The minimum Gasteiger partial charge on any atom is -0.474 e. The second kappa shape index (κ2) is 10.6. The van der Waals surface area contributed by atoms with Gasteiger partial charge in [-0.25, -0.2) is 19.7 Å². The third-order valence-electron chi connectivity index (χ3n) is 5.76. The van der Waals surface area contributed by atoms with Gasteiger partial charge < -0.3 is 35.1 Å². The molecule has 0 aromatic carbocycles. The van der Waals surface area contributed by atoms with E-state index >= 15 is 0 Å². The number of nitrogens with zero attached hydrogens (tertiary/aromatic N) is 6. The van der Waals surface area contributed by atoms with Gasteiger partial charge in [0.1, 0.15) is 6.10 Å². The Labute approximate surface area is 192 Å². The van der Waals surface area contributed by atoms with Gasteiger partial charge in [-0.05, 0) is 0 Å². The van der Waals surface area contributed by atoms with Crippen LogP contribution in [-0.2, 0) is 9.47 Å². The lowest BCUT2D eigenvalue weighted by molar-refractivity contribution is 0.0402. The number of carbonyl (C=O) groups is 1.